The van der Waals surface area contributed by atoms with E-state index in [9.17, 15) is 0 Å². The lowest BCUT2D eigenvalue weighted by Gasteiger charge is -2.30. The normalized spacial score (nSPS) is 25.6. The molecule has 1 unspecified atom stereocenters. The zero-order valence-electron chi connectivity index (χ0n) is 11.3. The third-order valence-corrected chi connectivity index (χ3v) is 4.23. The summed E-state index contributed by atoms with van der Waals surface area (Å²) in [5, 5.41) is 0. The summed E-state index contributed by atoms with van der Waals surface area (Å²) in [7, 11) is 0. The van der Waals surface area contributed by atoms with Gasteiger partial charge in [-0.25, -0.2) is 4.98 Å². The van der Waals surface area contributed by atoms with Gasteiger partial charge in [0.25, 0.3) is 0 Å². The third kappa shape index (κ3) is 2.51. The summed E-state index contributed by atoms with van der Waals surface area (Å²) in [6.45, 7) is 1.86. The van der Waals surface area contributed by atoms with Crippen LogP contribution < -0.4 is 11.5 Å². The largest absolute Gasteiger partial charge is 0.441 e. The Hall–Kier alpha value is -1.39. The summed E-state index contributed by atoms with van der Waals surface area (Å²) < 4.78 is 5.58. The summed E-state index contributed by atoms with van der Waals surface area (Å²) in [6.07, 6.45) is 4.41. The van der Waals surface area contributed by atoms with Gasteiger partial charge in [0.1, 0.15) is 5.52 Å². The standard InChI is InChI=1S/C15H21N3O/c1-9-18-13-7-4-11(8-14(13)19-9)15(17)10-2-5-12(16)6-3-10/h4,7-8,10,12,15H,2-3,5-6,16-17H2,1H3. The van der Waals surface area contributed by atoms with Gasteiger partial charge in [0, 0.05) is 19.0 Å². The Kier molecular flexibility index (Phi) is 3.29. The maximum absolute atomic E-state index is 6.41. The molecule has 0 saturated heterocycles. The maximum atomic E-state index is 6.41. The Morgan fingerprint density at radius 2 is 2.00 bits per heavy atom. The second kappa shape index (κ2) is 4.94. The van der Waals surface area contributed by atoms with E-state index in [0.717, 1.165) is 42.3 Å². The molecule has 4 heteroatoms. The van der Waals surface area contributed by atoms with Crippen molar-refractivity contribution in [2.45, 2.75) is 44.7 Å². The van der Waals surface area contributed by atoms with Gasteiger partial charge in [-0.3, -0.25) is 0 Å². The zero-order chi connectivity index (χ0) is 13.4. The van der Waals surface area contributed by atoms with Gasteiger partial charge in [-0.05, 0) is 49.3 Å². The van der Waals surface area contributed by atoms with E-state index >= 15 is 0 Å². The van der Waals surface area contributed by atoms with Crippen LogP contribution in [0.25, 0.3) is 11.1 Å². The topological polar surface area (TPSA) is 78.1 Å². The van der Waals surface area contributed by atoms with E-state index in [0.29, 0.717) is 17.9 Å². The molecule has 1 heterocycles. The number of benzene rings is 1. The smallest absolute Gasteiger partial charge is 0.192 e. The minimum atomic E-state index is 0.0716. The van der Waals surface area contributed by atoms with E-state index in [1.165, 1.54) is 0 Å². The summed E-state index contributed by atoms with van der Waals surface area (Å²) in [4.78, 5) is 4.31. The first-order valence-corrected chi connectivity index (χ1v) is 7.02. The van der Waals surface area contributed by atoms with Crippen LogP contribution in [0.5, 0.6) is 0 Å². The minimum absolute atomic E-state index is 0.0716. The van der Waals surface area contributed by atoms with Crippen LogP contribution in [0.1, 0.15) is 43.2 Å². The van der Waals surface area contributed by atoms with E-state index < -0.39 is 0 Å². The fourth-order valence-electron chi connectivity index (χ4n) is 3.04. The van der Waals surface area contributed by atoms with Crippen molar-refractivity contribution in [3.8, 4) is 0 Å². The first-order valence-electron chi connectivity index (χ1n) is 7.02. The number of hydrogen-bond donors (Lipinski definition) is 2. The predicted octanol–water partition coefficient (Wildman–Crippen LogP) is 2.65. The Labute approximate surface area is 113 Å². The van der Waals surface area contributed by atoms with Gasteiger partial charge < -0.3 is 15.9 Å². The van der Waals surface area contributed by atoms with Gasteiger partial charge in [-0.1, -0.05) is 6.07 Å². The molecule has 1 aliphatic rings. The molecule has 1 aliphatic carbocycles. The van der Waals surface area contributed by atoms with Gasteiger partial charge >= 0.3 is 0 Å². The highest BCUT2D eigenvalue weighted by molar-refractivity contribution is 5.73. The van der Waals surface area contributed by atoms with Gasteiger partial charge in [0.2, 0.25) is 0 Å². The van der Waals surface area contributed by atoms with Crippen LogP contribution in [-0.4, -0.2) is 11.0 Å². The maximum Gasteiger partial charge on any atom is 0.192 e. The van der Waals surface area contributed by atoms with Crippen LogP contribution in [0.3, 0.4) is 0 Å². The fourth-order valence-corrected chi connectivity index (χ4v) is 3.04. The molecule has 0 bridgehead atoms. The molecule has 1 aromatic heterocycles. The molecule has 0 radical (unpaired) electrons. The van der Waals surface area contributed by atoms with Crippen molar-refractivity contribution in [2.24, 2.45) is 17.4 Å². The number of nitrogens with zero attached hydrogens (tertiary/aromatic N) is 1. The SMILES string of the molecule is Cc1nc2ccc(C(N)C3CCC(N)CC3)cc2o1. The lowest BCUT2D eigenvalue weighted by atomic mass is 9.80. The minimum Gasteiger partial charge on any atom is -0.441 e. The molecule has 4 N–H and O–H groups in total. The average Bonchev–Trinajstić information content (AvgIpc) is 2.77. The Morgan fingerprint density at radius 1 is 1.26 bits per heavy atom. The Morgan fingerprint density at radius 3 is 2.74 bits per heavy atom. The molecule has 4 nitrogen and oxygen atoms in total. The number of hydrogen-bond acceptors (Lipinski definition) is 4. The number of aromatic nitrogens is 1. The molecule has 102 valence electrons. The van der Waals surface area contributed by atoms with Crippen LogP contribution in [0.2, 0.25) is 0 Å². The molecule has 1 aromatic carbocycles. The highest BCUT2D eigenvalue weighted by Crippen LogP contribution is 2.33. The van der Waals surface area contributed by atoms with Gasteiger partial charge in [-0.2, -0.15) is 0 Å². The number of oxazole rings is 1. The van der Waals surface area contributed by atoms with E-state index in [4.69, 9.17) is 15.9 Å². The van der Waals surface area contributed by atoms with E-state index in [1.54, 1.807) is 0 Å². The van der Waals surface area contributed by atoms with E-state index in [-0.39, 0.29) is 6.04 Å². The van der Waals surface area contributed by atoms with Gasteiger partial charge in [0.05, 0.1) is 0 Å². The summed E-state index contributed by atoms with van der Waals surface area (Å²) in [5.74, 6) is 1.23. The summed E-state index contributed by atoms with van der Waals surface area (Å²) in [6, 6.07) is 6.54. The number of aryl methyl sites for hydroxylation is 1. The van der Waals surface area contributed by atoms with Crippen molar-refractivity contribution in [1.29, 1.82) is 0 Å². The fraction of sp³-hybridized carbons (Fsp3) is 0.533. The van der Waals surface area contributed by atoms with Gasteiger partial charge in [0.15, 0.2) is 11.5 Å². The molecular formula is C15H21N3O. The lowest BCUT2D eigenvalue weighted by molar-refractivity contribution is 0.285. The molecule has 0 spiro atoms. The number of fused-ring (bicyclic) bond motifs is 1. The van der Waals surface area contributed by atoms with Crippen molar-refractivity contribution in [3.05, 3.63) is 29.7 Å². The Balaban J connectivity index is 1.82. The van der Waals surface area contributed by atoms with Gasteiger partial charge in [-0.15, -0.1) is 0 Å². The first kappa shape index (κ1) is 12.6. The van der Waals surface area contributed by atoms with Crippen LogP contribution in [0.4, 0.5) is 0 Å². The molecule has 3 rings (SSSR count). The molecule has 1 atom stereocenters. The first-order chi connectivity index (χ1) is 9.13. The van der Waals surface area contributed by atoms with Crippen LogP contribution >= 0.6 is 0 Å². The molecule has 1 fully saturated rings. The highest BCUT2D eigenvalue weighted by atomic mass is 16.3. The second-order valence-corrected chi connectivity index (χ2v) is 5.66. The summed E-state index contributed by atoms with van der Waals surface area (Å²) in [5.41, 5.74) is 15.2. The van der Waals surface area contributed by atoms with Crippen molar-refractivity contribution in [3.63, 3.8) is 0 Å². The predicted molar refractivity (Wildman–Crippen MR) is 75.6 cm³/mol. The van der Waals surface area contributed by atoms with E-state index in [2.05, 4.69) is 11.1 Å². The second-order valence-electron chi connectivity index (χ2n) is 5.66. The Bertz CT molecular complexity index is 570. The van der Waals surface area contributed by atoms with Crippen LogP contribution in [0.15, 0.2) is 22.6 Å². The van der Waals surface area contributed by atoms with Crippen molar-refractivity contribution in [2.75, 3.05) is 0 Å². The third-order valence-electron chi connectivity index (χ3n) is 4.23. The highest BCUT2D eigenvalue weighted by Gasteiger charge is 2.25. The van der Waals surface area contributed by atoms with Crippen molar-refractivity contribution < 1.29 is 4.42 Å². The number of rotatable bonds is 2. The van der Waals surface area contributed by atoms with E-state index in [1.807, 2.05) is 19.1 Å². The van der Waals surface area contributed by atoms with Crippen LogP contribution in [-0.2, 0) is 0 Å². The molecule has 0 amide bonds. The molecule has 1 saturated carbocycles. The zero-order valence-corrected chi connectivity index (χ0v) is 11.3. The lowest BCUT2D eigenvalue weighted by Crippen LogP contribution is -2.31. The summed E-state index contributed by atoms with van der Waals surface area (Å²) >= 11 is 0. The van der Waals surface area contributed by atoms with Crippen molar-refractivity contribution in [1.82, 2.24) is 4.98 Å². The monoisotopic (exact) mass is 259 g/mol. The average molecular weight is 259 g/mol. The molecule has 19 heavy (non-hydrogen) atoms. The molecular weight excluding hydrogens is 238 g/mol. The quantitative estimate of drug-likeness (QED) is 0.869. The number of nitrogens with two attached hydrogens (primary N) is 2. The van der Waals surface area contributed by atoms with Crippen LogP contribution in [0, 0.1) is 12.8 Å². The van der Waals surface area contributed by atoms with Crippen molar-refractivity contribution >= 4 is 11.1 Å². The molecule has 0 aliphatic heterocycles. The molecule has 2 aromatic rings.